The second-order valence-electron chi connectivity index (χ2n) is 2.83. The lowest BCUT2D eigenvalue weighted by Crippen LogP contribution is -2.16. The Hall–Kier alpha value is -1.71. The van der Waals surface area contributed by atoms with Gasteiger partial charge >= 0.3 is 0 Å². The van der Waals surface area contributed by atoms with Crippen LogP contribution < -0.4 is 5.73 Å². The van der Waals surface area contributed by atoms with Gasteiger partial charge in [0.25, 0.3) is 0 Å². The van der Waals surface area contributed by atoms with Gasteiger partial charge in [0.2, 0.25) is 0 Å². The predicted molar refractivity (Wildman–Crippen MR) is 47.8 cm³/mol. The van der Waals surface area contributed by atoms with E-state index in [-0.39, 0.29) is 17.2 Å². The van der Waals surface area contributed by atoms with E-state index in [0.717, 1.165) is 0 Å². The summed E-state index contributed by atoms with van der Waals surface area (Å²) in [6.07, 6.45) is -0.900. The number of aliphatic hydroxyl groups excluding tert-OH is 2. The maximum atomic E-state index is 9.41. The van der Waals surface area contributed by atoms with Crippen molar-refractivity contribution in [1.82, 2.24) is 9.97 Å². The first-order valence-corrected chi connectivity index (χ1v) is 3.95. The number of nitrogens with two attached hydrogens (primary N) is 1. The number of aromatic nitrogens is 2. The maximum Gasteiger partial charge on any atom is 0.183 e. The quantitative estimate of drug-likeness (QED) is 0.575. The predicted octanol–water partition coefficient (Wildman–Crippen LogP) is -0.655. The minimum atomic E-state index is -1.16. The van der Waals surface area contributed by atoms with E-state index in [4.69, 9.17) is 16.1 Å². The molecular weight excluding hydrogens is 184 g/mol. The second kappa shape index (κ2) is 4.00. The summed E-state index contributed by atoms with van der Waals surface area (Å²) in [6, 6.07) is 1.74. The molecular formula is C8H10N4O2. The molecule has 0 unspecified atom stereocenters. The van der Waals surface area contributed by atoms with Crippen LogP contribution >= 0.6 is 0 Å². The van der Waals surface area contributed by atoms with E-state index in [9.17, 15) is 5.11 Å². The van der Waals surface area contributed by atoms with Crippen molar-refractivity contribution in [3.63, 3.8) is 0 Å². The van der Waals surface area contributed by atoms with Crippen molar-refractivity contribution in [3.05, 3.63) is 17.6 Å². The van der Waals surface area contributed by atoms with Gasteiger partial charge in [0.05, 0.1) is 18.0 Å². The fraction of sp³-hybridized carbons (Fsp3) is 0.375. The number of rotatable bonds is 2. The molecule has 6 nitrogen and oxygen atoms in total. The largest absolute Gasteiger partial charge is 0.390 e. The van der Waals surface area contributed by atoms with Crippen molar-refractivity contribution in [2.24, 2.45) is 0 Å². The monoisotopic (exact) mass is 194 g/mol. The molecule has 0 saturated carbocycles. The molecule has 0 amide bonds. The number of hydrogen-bond acceptors (Lipinski definition) is 6. The Morgan fingerprint density at radius 2 is 2.21 bits per heavy atom. The third-order valence-electron chi connectivity index (χ3n) is 1.69. The minimum absolute atomic E-state index is 0.00837. The average Bonchev–Trinajstić information content (AvgIpc) is 2.17. The number of anilines is 1. The number of nitriles is 1. The zero-order chi connectivity index (χ0) is 10.7. The molecule has 0 fully saturated rings. The molecule has 0 radical (unpaired) electrons. The highest BCUT2D eigenvalue weighted by molar-refractivity contribution is 5.43. The first-order valence-electron chi connectivity index (χ1n) is 3.95. The van der Waals surface area contributed by atoms with Gasteiger partial charge in [-0.25, -0.2) is 9.97 Å². The van der Waals surface area contributed by atoms with Gasteiger partial charge in [-0.05, 0) is 6.92 Å². The highest BCUT2D eigenvalue weighted by atomic mass is 16.3. The summed E-state index contributed by atoms with van der Waals surface area (Å²) in [5.74, 6) is 0.00837. The van der Waals surface area contributed by atoms with Crippen molar-refractivity contribution in [3.8, 4) is 6.07 Å². The molecule has 0 saturated heterocycles. The molecule has 0 aliphatic heterocycles. The summed E-state index contributed by atoms with van der Waals surface area (Å²) < 4.78 is 0. The summed E-state index contributed by atoms with van der Waals surface area (Å²) >= 11 is 0. The van der Waals surface area contributed by atoms with Crippen molar-refractivity contribution >= 4 is 5.82 Å². The lowest BCUT2D eigenvalue weighted by atomic mass is 10.2. The van der Waals surface area contributed by atoms with E-state index < -0.39 is 12.2 Å². The Bertz CT molecular complexity index is 372. The van der Waals surface area contributed by atoms with E-state index >= 15 is 0 Å². The molecule has 74 valence electrons. The van der Waals surface area contributed by atoms with Crippen LogP contribution in [0.5, 0.6) is 0 Å². The summed E-state index contributed by atoms with van der Waals surface area (Å²) in [4.78, 5) is 7.43. The molecule has 0 aliphatic carbocycles. The maximum absolute atomic E-state index is 9.41. The van der Waals surface area contributed by atoms with Crippen molar-refractivity contribution < 1.29 is 10.2 Å². The van der Waals surface area contributed by atoms with Crippen LogP contribution in [0.1, 0.15) is 24.4 Å². The molecule has 0 aromatic carbocycles. The van der Waals surface area contributed by atoms with E-state index in [1.165, 1.54) is 13.1 Å². The van der Waals surface area contributed by atoms with Gasteiger partial charge in [0.15, 0.2) is 11.5 Å². The molecule has 4 N–H and O–H groups in total. The lowest BCUT2D eigenvalue weighted by molar-refractivity contribution is 0.0276. The topological polar surface area (TPSA) is 116 Å². The molecule has 1 heterocycles. The summed E-state index contributed by atoms with van der Waals surface area (Å²) in [5, 5.41) is 27.1. The van der Waals surface area contributed by atoms with Crippen LogP contribution in [0.25, 0.3) is 0 Å². The van der Waals surface area contributed by atoms with Crippen LogP contribution in [0.15, 0.2) is 6.20 Å². The molecule has 0 aliphatic rings. The third kappa shape index (κ3) is 1.96. The smallest absolute Gasteiger partial charge is 0.183 e. The molecule has 6 heteroatoms. The van der Waals surface area contributed by atoms with Gasteiger partial charge in [-0.1, -0.05) is 0 Å². The Labute approximate surface area is 80.7 Å². The van der Waals surface area contributed by atoms with E-state index in [1.54, 1.807) is 6.07 Å². The number of nitrogen functional groups attached to an aromatic ring is 1. The number of hydrogen-bond donors (Lipinski definition) is 3. The normalized spacial score (nSPS) is 14.4. The zero-order valence-electron chi connectivity index (χ0n) is 7.55. The van der Waals surface area contributed by atoms with Crippen LogP contribution in [0.2, 0.25) is 0 Å². The van der Waals surface area contributed by atoms with E-state index in [2.05, 4.69) is 9.97 Å². The van der Waals surface area contributed by atoms with Crippen molar-refractivity contribution in [2.75, 3.05) is 5.73 Å². The van der Waals surface area contributed by atoms with Crippen LogP contribution in [0, 0.1) is 11.3 Å². The number of aliphatic hydroxyl groups is 2. The Morgan fingerprint density at radius 3 is 2.71 bits per heavy atom. The van der Waals surface area contributed by atoms with Gasteiger partial charge in [-0.2, -0.15) is 5.26 Å². The Morgan fingerprint density at radius 1 is 1.57 bits per heavy atom. The molecule has 1 rings (SSSR count). The fourth-order valence-electron chi connectivity index (χ4n) is 0.884. The SMILES string of the molecule is C[C@H](O)[C@@H](O)c1cnc(N)c(C#N)n1. The van der Waals surface area contributed by atoms with Gasteiger partial charge in [0.1, 0.15) is 12.2 Å². The Balaban J connectivity index is 3.08. The molecule has 0 bridgehead atoms. The highest BCUT2D eigenvalue weighted by Crippen LogP contribution is 2.15. The first-order chi connectivity index (χ1) is 6.56. The van der Waals surface area contributed by atoms with Crippen molar-refractivity contribution in [1.29, 1.82) is 5.26 Å². The summed E-state index contributed by atoms with van der Waals surface area (Å²) in [5.41, 5.74) is 5.41. The van der Waals surface area contributed by atoms with Gasteiger partial charge in [0, 0.05) is 0 Å². The molecule has 14 heavy (non-hydrogen) atoms. The first kappa shape index (κ1) is 10.4. The molecule has 2 atom stereocenters. The standard InChI is InChI=1S/C8H10N4O2/c1-4(13)7(14)6-3-11-8(10)5(2-9)12-6/h3-4,7,13-14H,1H3,(H2,10,11)/t4-,7+/m0/s1. The summed E-state index contributed by atoms with van der Waals surface area (Å²) in [6.45, 7) is 1.41. The van der Waals surface area contributed by atoms with Crippen LogP contribution in [0.3, 0.4) is 0 Å². The molecule has 0 spiro atoms. The number of nitrogens with zero attached hydrogens (tertiary/aromatic N) is 3. The van der Waals surface area contributed by atoms with Gasteiger partial charge in [-0.3, -0.25) is 0 Å². The molecule has 1 aromatic heterocycles. The second-order valence-corrected chi connectivity index (χ2v) is 2.83. The zero-order valence-corrected chi connectivity index (χ0v) is 7.55. The van der Waals surface area contributed by atoms with Gasteiger partial charge in [-0.15, -0.1) is 0 Å². The van der Waals surface area contributed by atoms with Gasteiger partial charge < -0.3 is 15.9 Å². The lowest BCUT2D eigenvalue weighted by Gasteiger charge is -2.12. The van der Waals surface area contributed by atoms with Crippen molar-refractivity contribution in [2.45, 2.75) is 19.1 Å². The fourth-order valence-corrected chi connectivity index (χ4v) is 0.884. The highest BCUT2D eigenvalue weighted by Gasteiger charge is 2.16. The van der Waals surface area contributed by atoms with Crippen LogP contribution in [-0.2, 0) is 0 Å². The van der Waals surface area contributed by atoms with Crippen LogP contribution in [-0.4, -0.2) is 26.3 Å². The summed E-state index contributed by atoms with van der Waals surface area (Å²) in [7, 11) is 0. The Kier molecular flexibility index (Phi) is 2.96. The van der Waals surface area contributed by atoms with E-state index in [1.807, 2.05) is 0 Å². The minimum Gasteiger partial charge on any atom is -0.390 e. The average molecular weight is 194 g/mol. The third-order valence-corrected chi connectivity index (χ3v) is 1.69. The van der Waals surface area contributed by atoms with E-state index in [0.29, 0.717) is 0 Å². The molecule has 1 aromatic rings. The van der Waals surface area contributed by atoms with Crippen LogP contribution in [0.4, 0.5) is 5.82 Å².